The van der Waals surface area contributed by atoms with Gasteiger partial charge in [-0.2, -0.15) is 0 Å². The Hall–Kier alpha value is -2.83. The van der Waals surface area contributed by atoms with Crippen molar-refractivity contribution in [2.75, 3.05) is 7.11 Å². The van der Waals surface area contributed by atoms with Crippen LogP contribution in [0.3, 0.4) is 0 Å². The third kappa shape index (κ3) is 3.24. The monoisotopic (exact) mass is 327 g/mol. The molecule has 0 N–H and O–H groups in total. The Morgan fingerprint density at radius 1 is 1.21 bits per heavy atom. The molecule has 0 aliphatic heterocycles. The second-order valence-electron chi connectivity index (χ2n) is 5.32. The summed E-state index contributed by atoms with van der Waals surface area (Å²) in [5, 5.41) is 8.31. The molecule has 0 amide bonds. The van der Waals surface area contributed by atoms with Gasteiger partial charge in [0.25, 0.3) is 0 Å². The average Bonchev–Trinajstić information content (AvgIpc) is 3.05. The van der Waals surface area contributed by atoms with Crippen molar-refractivity contribution in [1.82, 2.24) is 24.7 Å². The molecular weight excluding hydrogens is 309 g/mol. The fraction of sp³-hybridized carbons (Fsp3) is 0.294. The van der Waals surface area contributed by atoms with Crippen LogP contribution < -0.4 is 4.74 Å². The first kappa shape index (κ1) is 16.0. The number of halogens is 1. The molecule has 0 radical (unpaired) electrons. The summed E-state index contributed by atoms with van der Waals surface area (Å²) in [6, 6.07) is 4.82. The highest BCUT2D eigenvalue weighted by Gasteiger charge is 2.15. The molecule has 3 aromatic heterocycles. The minimum atomic E-state index is -0.403. The molecule has 124 valence electrons. The number of methoxy groups -OCH3 is 1. The van der Waals surface area contributed by atoms with Crippen LogP contribution >= 0.6 is 0 Å². The second-order valence-corrected chi connectivity index (χ2v) is 5.32. The van der Waals surface area contributed by atoms with Crippen LogP contribution in [0.15, 0.2) is 36.8 Å². The quantitative estimate of drug-likeness (QED) is 0.696. The number of hydrogen-bond donors (Lipinski definition) is 0. The van der Waals surface area contributed by atoms with E-state index in [9.17, 15) is 4.39 Å². The van der Waals surface area contributed by atoms with Gasteiger partial charge in [-0.25, -0.2) is 14.4 Å². The van der Waals surface area contributed by atoms with Gasteiger partial charge in [-0.3, -0.25) is 0 Å². The zero-order valence-electron chi connectivity index (χ0n) is 13.6. The van der Waals surface area contributed by atoms with Crippen molar-refractivity contribution in [1.29, 1.82) is 0 Å². The Morgan fingerprint density at radius 2 is 2.08 bits per heavy atom. The van der Waals surface area contributed by atoms with Gasteiger partial charge >= 0.3 is 0 Å². The molecule has 0 bridgehead atoms. The predicted molar refractivity (Wildman–Crippen MR) is 87.1 cm³/mol. The third-order valence-corrected chi connectivity index (χ3v) is 3.67. The number of rotatable bonds is 6. The molecule has 0 saturated carbocycles. The van der Waals surface area contributed by atoms with E-state index in [0.717, 1.165) is 24.1 Å². The lowest BCUT2D eigenvalue weighted by molar-refractivity contribution is 0.390. The fourth-order valence-electron chi connectivity index (χ4n) is 2.52. The normalized spacial score (nSPS) is 10.8. The number of hydrogen-bond acceptors (Lipinski definition) is 5. The molecule has 0 fully saturated rings. The van der Waals surface area contributed by atoms with E-state index in [0.29, 0.717) is 18.2 Å². The summed E-state index contributed by atoms with van der Waals surface area (Å²) in [4.78, 5) is 8.34. The lowest BCUT2D eigenvalue weighted by Crippen LogP contribution is -2.09. The van der Waals surface area contributed by atoms with Crippen molar-refractivity contribution < 1.29 is 9.13 Å². The molecule has 3 aromatic rings. The lowest BCUT2D eigenvalue weighted by atomic mass is 10.1. The van der Waals surface area contributed by atoms with Gasteiger partial charge in [0.1, 0.15) is 5.69 Å². The SMILES string of the molecule is CCCc1cc(OC)nnc1Cn1ccnc1-c1ncccc1F. The molecule has 0 aliphatic rings. The first-order valence-corrected chi connectivity index (χ1v) is 7.74. The molecule has 0 aliphatic carbocycles. The van der Waals surface area contributed by atoms with Gasteiger partial charge in [0.05, 0.1) is 19.3 Å². The number of aryl methyl sites for hydroxylation is 1. The summed E-state index contributed by atoms with van der Waals surface area (Å²) in [6.07, 6.45) is 6.80. The molecule has 3 rings (SSSR count). The zero-order valence-corrected chi connectivity index (χ0v) is 13.6. The fourth-order valence-corrected chi connectivity index (χ4v) is 2.52. The Labute approximate surface area is 139 Å². The number of ether oxygens (including phenoxy) is 1. The van der Waals surface area contributed by atoms with E-state index < -0.39 is 5.82 Å². The predicted octanol–water partition coefficient (Wildman–Crippen LogP) is 2.88. The summed E-state index contributed by atoms with van der Waals surface area (Å²) >= 11 is 0. The van der Waals surface area contributed by atoms with Crippen LogP contribution in [-0.2, 0) is 13.0 Å². The molecule has 0 spiro atoms. The Balaban J connectivity index is 1.96. The molecular formula is C17H18FN5O. The van der Waals surface area contributed by atoms with Crippen molar-refractivity contribution in [3.63, 3.8) is 0 Å². The van der Waals surface area contributed by atoms with Gasteiger partial charge in [-0.1, -0.05) is 13.3 Å². The molecule has 0 unspecified atom stereocenters. The van der Waals surface area contributed by atoms with Crippen LogP contribution in [-0.4, -0.2) is 31.8 Å². The van der Waals surface area contributed by atoms with Gasteiger partial charge in [0.2, 0.25) is 5.88 Å². The van der Waals surface area contributed by atoms with Crippen LogP contribution in [0.5, 0.6) is 5.88 Å². The van der Waals surface area contributed by atoms with E-state index in [1.165, 1.54) is 6.07 Å². The summed E-state index contributed by atoms with van der Waals surface area (Å²) < 4.78 is 21.0. The smallest absolute Gasteiger partial charge is 0.233 e. The van der Waals surface area contributed by atoms with Crippen LogP contribution in [0.4, 0.5) is 4.39 Å². The summed E-state index contributed by atoms with van der Waals surface area (Å²) in [7, 11) is 1.57. The van der Waals surface area contributed by atoms with Crippen molar-refractivity contribution >= 4 is 0 Å². The summed E-state index contributed by atoms with van der Waals surface area (Å²) in [5.41, 5.74) is 2.10. The van der Waals surface area contributed by atoms with E-state index in [-0.39, 0.29) is 5.69 Å². The largest absolute Gasteiger partial charge is 0.480 e. The lowest BCUT2D eigenvalue weighted by Gasteiger charge is -2.11. The minimum absolute atomic E-state index is 0.223. The number of imidazole rings is 1. The van der Waals surface area contributed by atoms with Crippen LogP contribution in [0.1, 0.15) is 24.6 Å². The van der Waals surface area contributed by atoms with Gasteiger partial charge in [0, 0.05) is 24.7 Å². The molecule has 3 heterocycles. The highest BCUT2D eigenvalue weighted by atomic mass is 19.1. The zero-order chi connectivity index (χ0) is 16.9. The van der Waals surface area contributed by atoms with Crippen molar-refractivity contribution in [2.24, 2.45) is 0 Å². The maximum Gasteiger partial charge on any atom is 0.233 e. The first-order chi connectivity index (χ1) is 11.7. The summed E-state index contributed by atoms with van der Waals surface area (Å²) in [6.45, 7) is 2.54. The number of aromatic nitrogens is 5. The van der Waals surface area contributed by atoms with Crippen LogP contribution in [0.25, 0.3) is 11.5 Å². The molecule has 6 nitrogen and oxygen atoms in total. The number of pyridine rings is 1. The van der Waals surface area contributed by atoms with E-state index in [1.54, 1.807) is 31.8 Å². The maximum atomic E-state index is 14.0. The Kier molecular flexibility index (Phi) is 4.79. The van der Waals surface area contributed by atoms with Crippen molar-refractivity contribution in [3.8, 4) is 17.4 Å². The molecule has 0 atom stereocenters. The standard InChI is InChI=1S/C17H18FN5O/c1-3-5-12-10-15(24-2)22-21-14(12)11-23-9-8-20-17(23)16-13(18)6-4-7-19-16/h4,6-10H,3,5,11H2,1-2H3. The van der Waals surface area contributed by atoms with Gasteiger partial charge in [0.15, 0.2) is 11.6 Å². The van der Waals surface area contributed by atoms with E-state index in [1.807, 2.05) is 10.6 Å². The summed E-state index contributed by atoms with van der Waals surface area (Å²) in [5.74, 6) is 0.552. The third-order valence-electron chi connectivity index (χ3n) is 3.67. The highest BCUT2D eigenvalue weighted by Crippen LogP contribution is 2.21. The topological polar surface area (TPSA) is 65.7 Å². The van der Waals surface area contributed by atoms with Crippen LogP contribution in [0, 0.1) is 5.82 Å². The Bertz CT molecular complexity index is 833. The maximum absolute atomic E-state index is 14.0. The second kappa shape index (κ2) is 7.16. The number of nitrogens with zero attached hydrogens (tertiary/aromatic N) is 5. The average molecular weight is 327 g/mol. The molecule has 24 heavy (non-hydrogen) atoms. The van der Waals surface area contributed by atoms with Gasteiger partial charge in [-0.05, 0) is 24.1 Å². The van der Waals surface area contributed by atoms with E-state index in [4.69, 9.17) is 4.74 Å². The van der Waals surface area contributed by atoms with Gasteiger partial charge in [-0.15, -0.1) is 10.2 Å². The minimum Gasteiger partial charge on any atom is -0.480 e. The first-order valence-electron chi connectivity index (χ1n) is 7.74. The van der Waals surface area contributed by atoms with E-state index >= 15 is 0 Å². The van der Waals surface area contributed by atoms with Crippen molar-refractivity contribution in [2.45, 2.75) is 26.3 Å². The molecule has 0 aromatic carbocycles. The van der Waals surface area contributed by atoms with Gasteiger partial charge < -0.3 is 9.30 Å². The molecule has 7 heteroatoms. The van der Waals surface area contributed by atoms with Crippen LogP contribution in [0.2, 0.25) is 0 Å². The van der Waals surface area contributed by atoms with E-state index in [2.05, 4.69) is 27.1 Å². The highest BCUT2D eigenvalue weighted by molar-refractivity contribution is 5.50. The van der Waals surface area contributed by atoms with Crippen molar-refractivity contribution in [3.05, 3.63) is 53.9 Å². The Morgan fingerprint density at radius 3 is 2.83 bits per heavy atom. The molecule has 0 saturated heterocycles.